The van der Waals surface area contributed by atoms with Gasteiger partial charge in [-0.25, -0.2) is 4.68 Å². The Balaban J connectivity index is 2.47. The van der Waals surface area contributed by atoms with Crippen LogP contribution < -0.4 is 0 Å². The van der Waals surface area contributed by atoms with Gasteiger partial charge in [0.25, 0.3) is 5.91 Å². The fourth-order valence-electron chi connectivity index (χ4n) is 2.23. The van der Waals surface area contributed by atoms with Crippen LogP contribution >= 0.6 is 0 Å². The van der Waals surface area contributed by atoms with Crippen LogP contribution in [0.2, 0.25) is 0 Å². The maximum Gasteiger partial charge on any atom is 0.275 e. The van der Waals surface area contributed by atoms with Gasteiger partial charge in [0.05, 0.1) is 11.9 Å². The molecule has 1 aromatic carbocycles. The van der Waals surface area contributed by atoms with Crippen LogP contribution in [0.4, 0.5) is 0 Å². The first-order chi connectivity index (χ1) is 8.90. The number of aryl methyl sites for hydroxylation is 3. The zero-order valence-electron chi connectivity index (χ0n) is 11.9. The highest BCUT2D eigenvalue weighted by Gasteiger charge is 2.15. The molecule has 19 heavy (non-hydrogen) atoms. The number of nitrogens with zero attached hydrogens (tertiary/aromatic N) is 4. The Morgan fingerprint density at radius 3 is 2.26 bits per heavy atom. The quantitative estimate of drug-likeness (QED) is 0.826. The lowest BCUT2D eigenvalue weighted by atomic mass is 10.1. The molecule has 100 valence electrons. The van der Waals surface area contributed by atoms with Crippen LogP contribution in [-0.4, -0.2) is 39.9 Å². The van der Waals surface area contributed by atoms with Gasteiger partial charge in [-0.2, -0.15) is 0 Å². The lowest BCUT2D eigenvalue weighted by Gasteiger charge is -2.10. The van der Waals surface area contributed by atoms with Crippen molar-refractivity contribution in [2.75, 3.05) is 14.1 Å². The van der Waals surface area contributed by atoms with E-state index in [0.717, 1.165) is 16.8 Å². The Labute approximate surface area is 112 Å². The lowest BCUT2D eigenvalue weighted by Crippen LogP contribution is -2.21. The second kappa shape index (κ2) is 4.84. The van der Waals surface area contributed by atoms with Crippen LogP contribution in [0.1, 0.15) is 27.2 Å². The normalized spacial score (nSPS) is 10.6. The van der Waals surface area contributed by atoms with Crippen molar-refractivity contribution in [3.8, 4) is 5.69 Å². The molecule has 0 aliphatic heterocycles. The number of rotatable bonds is 2. The average molecular weight is 258 g/mol. The minimum Gasteiger partial charge on any atom is -0.343 e. The summed E-state index contributed by atoms with van der Waals surface area (Å²) in [5.74, 6) is -0.145. The molecule has 0 spiro atoms. The summed E-state index contributed by atoms with van der Waals surface area (Å²) in [5, 5.41) is 8.00. The summed E-state index contributed by atoms with van der Waals surface area (Å²) >= 11 is 0. The number of benzene rings is 1. The van der Waals surface area contributed by atoms with Gasteiger partial charge in [-0.3, -0.25) is 4.79 Å². The average Bonchev–Trinajstić information content (AvgIpc) is 2.75. The summed E-state index contributed by atoms with van der Waals surface area (Å²) in [6, 6.07) is 4.19. The number of amides is 1. The number of carbonyl (C=O) groups is 1. The van der Waals surface area contributed by atoms with E-state index in [0.29, 0.717) is 5.69 Å². The second-order valence-corrected chi connectivity index (χ2v) is 5.00. The van der Waals surface area contributed by atoms with E-state index < -0.39 is 0 Å². The van der Waals surface area contributed by atoms with E-state index in [2.05, 4.69) is 29.4 Å². The summed E-state index contributed by atoms with van der Waals surface area (Å²) in [5.41, 5.74) is 4.78. The predicted octanol–water partition coefficient (Wildman–Crippen LogP) is 1.89. The molecule has 0 N–H and O–H groups in total. The Hall–Kier alpha value is -2.17. The van der Waals surface area contributed by atoms with E-state index >= 15 is 0 Å². The van der Waals surface area contributed by atoms with Crippen LogP contribution in [0.3, 0.4) is 0 Å². The fourth-order valence-corrected chi connectivity index (χ4v) is 2.23. The highest BCUT2D eigenvalue weighted by Crippen LogP contribution is 2.20. The third-order valence-corrected chi connectivity index (χ3v) is 2.98. The molecule has 0 aliphatic rings. The minimum atomic E-state index is -0.145. The van der Waals surface area contributed by atoms with Gasteiger partial charge in [-0.15, -0.1) is 5.10 Å². The van der Waals surface area contributed by atoms with Crippen molar-refractivity contribution in [3.05, 3.63) is 40.7 Å². The van der Waals surface area contributed by atoms with Crippen molar-refractivity contribution in [3.63, 3.8) is 0 Å². The maximum absolute atomic E-state index is 11.8. The summed E-state index contributed by atoms with van der Waals surface area (Å²) in [4.78, 5) is 13.3. The van der Waals surface area contributed by atoms with E-state index in [4.69, 9.17) is 0 Å². The Morgan fingerprint density at radius 1 is 1.16 bits per heavy atom. The molecule has 1 aromatic heterocycles. The zero-order valence-corrected chi connectivity index (χ0v) is 11.9. The van der Waals surface area contributed by atoms with Crippen LogP contribution in [0, 0.1) is 20.8 Å². The van der Waals surface area contributed by atoms with Crippen molar-refractivity contribution >= 4 is 5.91 Å². The molecule has 0 aliphatic carbocycles. The Morgan fingerprint density at radius 2 is 1.74 bits per heavy atom. The number of carbonyl (C=O) groups excluding carboxylic acids is 1. The largest absolute Gasteiger partial charge is 0.343 e. The monoisotopic (exact) mass is 258 g/mol. The molecule has 1 amide bonds. The van der Waals surface area contributed by atoms with Gasteiger partial charge in [0.1, 0.15) is 0 Å². The highest BCUT2D eigenvalue weighted by molar-refractivity contribution is 5.91. The van der Waals surface area contributed by atoms with Gasteiger partial charge in [-0.05, 0) is 31.9 Å². The van der Waals surface area contributed by atoms with Crippen molar-refractivity contribution in [1.29, 1.82) is 0 Å². The molecular weight excluding hydrogens is 240 g/mol. The molecule has 1 heterocycles. The lowest BCUT2D eigenvalue weighted by molar-refractivity contribution is 0.0822. The van der Waals surface area contributed by atoms with E-state index in [1.807, 2.05) is 13.8 Å². The van der Waals surface area contributed by atoms with E-state index in [1.54, 1.807) is 25.0 Å². The van der Waals surface area contributed by atoms with Crippen LogP contribution in [0.15, 0.2) is 18.3 Å². The molecule has 0 unspecified atom stereocenters. The standard InChI is InChI=1S/C14H18N4O/c1-9-6-10(2)13(11(3)7-9)18-8-12(15-16-18)14(19)17(4)5/h6-8H,1-5H3. The Kier molecular flexibility index (Phi) is 3.38. The molecule has 2 aromatic rings. The smallest absolute Gasteiger partial charge is 0.275 e. The van der Waals surface area contributed by atoms with Crippen molar-refractivity contribution < 1.29 is 4.79 Å². The van der Waals surface area contributed by atoms with Crippen LogP contribution in [0.5, 0.6) is 0 Å². The molecule has 0 saturated carbocycles. The summed E-state index contributed by atoms with van der Waals surface area (Å²) in [6.07, 6.45) is 1.67. The van der Waals surface area contributed by atoms with Crippen molar-refractivity contribution in [2.24, 2.45) is 0 Å². The van der Waals surface area contributed by atoms with Crippen LogP contribution in [0.25, 0.3) is 5.69 Å². The molecule has 0 bridgehead atoms. The summed E-state index contributed by atoms with van der Waals surface area (Å²) in [7, 11) is 3.40. The fraction of sp³-hybridized carbons (Fsp3) is 0.357. The van der Waals surface area contributed by atoms with Gasteiger partial charge in [0.15, 0.2) is 5.69 Å². The van der Waals surface area contributed by atoms with Gasteiger partial charge in [0.2, 0.25) is 0 Å². The number of hydrogen-bond donors (Lipinski definition) is 0. The molecule has 0 saturated heterocycles. The first kappa shape index (κ1) is 13.3. The van der Waals surface area contributed by atoms with Gasteiger partial charge in [0, 0.05) is 14.1 Å². The van der Waals surface area contributed by atoms with Gasteiger partial charge in [-0.1, -0.05) is 22.9 Å². The molecule has 0 fully saturated rings. The Bertz CT molecular complexity index is 605. The van der Waals surface area contributed by atoms with Crippen molar-refractivity contribution in [1.82, 2.24) is 19.9 Å². The molecular formula is C14H18N4O. The molecule has 2 rings (SSSR count). The molecule has 0 atom stereocenters. The summed E-state index contributed by atoms with van der Waals surface area (Å²) < 4.78 is 1.67. The highest BCUT2D eigenvalue weighted by atomic mass is 16.2. The number of hydrogen-bond acceptors (Lipinski definition) is 3. The van der Waals surface area contributed by atoms with Crippen LogP contribution in [-0.2, 0) is 0 Å². The molecule has 0 radical (unpaired) electrons. The van der Waals surface area contributed by atoms with E-state index in [9.17, 15) is 4.79 Å². The first-order valence-corrected chi connectivity index (χ1v) is 6.12. The van der Waals surface area contributed by atoms with Crippen molar-refractivity contribution in [2.45, 2.75) is 20.8 Å². The van der Waals surface area contributed by atoms with E-state index in [1.165, 1.54) is 10.5 Å². The SMILES string of the molecule is Cc1cc(C)c(-n2cc(C(=O)N(C)C)nn2)c(C)c1. The van der Waals surface area contributed by atoms with Gasteiger partial charge < -0.3 is 4.90 Å². The molecule has 5 nitrogen and oxygen atoms in total. The third kappa shape index (κ3) is 2.50. The van der Waals surface area contributed by atoms with Gasteiger partial charge >= 0.3 is 0 Å². The topological polar surface area (TPSA) is 51.0 Å². The molecule has 5 heteroatoms. The first-order valence-electron chi connectivity index (χ1n) is 6.12. The minimum absolute atomic E-state index is 0.145. The zero-order chi connectivity index (χ0) is 14.2. The number of aromatic nitrogens is 3. The second-order valence-electron chi connectivity index (χ2n) is 5.00. The summed E-state index contributed by atoms with van der Waals surface area (Å²) in [6.45, 7) is 6.13. The van der Waals surface area contributed by atoms with E-state index in [-0.39, 0.29) is 5.91 Å². The maximum atomic E-state index is 11.8. The predicted molar refractivity (Wildman–Crippen MR) is 73.6 cm³/mol. The third-order valence-electron chi connectivity index (χ3n) is 2.98.